The fourth-order valence-electron chi connectivity index (χ4n) is 3.39. The molecule has 3 nitrogen and oxygen atoms in total. The summed E-state index contributed by atoms with van der Waals surface area (Å²) >= 11 is 0. The summed E-state index contributed by atoms with van der Waals surface area (Å²) in [5, 5.41) is 3.02. The van der Waals surface area contributed by atoms with E-state index in [1.54, 1.807) is 4.57 Å². The van der Waals surface area contributed by atoms with Gasteiger partial charge in [0.1, 0.15) is 5.82 Å². The summed E-state index contributed by atoms with van der Waals surface area (Å²) in [6.07, 6.45) is 0. The van der Waals surface area contributed by atoms with Gasteiger partial charge in [-0.15, -0.1) is 0 Å². The van der Waals surface area contributed by atoms with Crippen molar-refractivity contribution in [2.45, 2.75) is 6.54 Å². The van der Waals surface area contributed by atoms with Crippen LogP contribution in [0.2, 0.25) is 0 Å². The summed E-state index contributed by atoms with van der Waals surface area (Å²) in [6.45, 7) is 0.603. The zero-order valence-corrected chi connectivity index (χ0v) is 11.8. The van der Waals surface area contributed by atoms with E-state index in [4.69, 9.17) is 4.98 Å². The highest BCUT2D eigenvalue weighted by atomic mass is 16.1. The van der Waals surface area contributed by atoms with Crippen molar-refractivity contribution >= 4 is 21.7 Å². The zero-order valence-electron chi connectivity index (χ0n) is 11.8. The maximum Gasteiger partial charge on any atom is 0.261 e. The molecular formula is C19H12N2O. The normalized spacial score (nSPS) is 12.5. The van der Waals surface area contributed by atoms with Crippen LogP contribution in [0.4, 0.5) is 0 Å². The first-order chi connectivity index (χ1) is 10.8. The van der Waals surface area contributed by atoms with Crippen LogP contribution in [0.25, 0.3) is 33.1 Å². The summed E-state index contributed by atoms with van der Waals surface area (Å²) in [6, 6.07) is 20.0. The summed E-state index contributed by atoms with van der Waals surface area (Å²) in [7, 11) is 0. The Morgan fingerprint density at radius 2 is 1.64 bits per heavy atom. The van der Waals surface area contributed by atoms with E-state index in [1.165, 1.54) is 10.9 Å². The molecule has 0 bridgehead atoms. The van der Waals surface area contributed by atoms with E-state index in [2.05, 4.69) is 24.3 Å². The van der Waals surface area contributed by atoms with Crippen molar-refractivity contribution in [2.24, 2.45) is 0 Å². The molecule has 22 heavy (non-hydrogen) atoms. The Morgan fingerprint density at radius 1 is 0.864 bits per heavy atom. The first-order valence-corrected chi connectivity index (χ1v) is 7.33. The topological polar surface area (TPSA) is 34.9 Å². The molecule has 0 atom stereocenters. The Labute approximate surface area is 126 Å². The monoisotopic (exact) mass is 284 g/mol. The average Bonchev–Trinajstić information content (AvgIpc) is 2.94. The van der Waals surface area contributed by atoms with Crippen LogP contribution in [-0.4, -0.2) is 9.55 Å². The lowest BCUT2D eigenvalue weighted by Gasteiger charge is -2.06. The minimum Gasteiger partial charge on any atom is -0.288 e. The van der Waals surface area contributed by atoms with Gasteiger partial charge in [0.2, 0.25) is 0 Å². The maximum absolute atomic E-state index is 12.7. The van der Waals surface area contributed by atoms with E-state index >= 15 is 0 Å². The number of hydrogen-bond donors (Lipinski definition) is 0. The number of para-hydroxylation sites is 1. The molecular weight excluding hydrogens is 272 g/mol. The van der Waals surface area contributed by atoms with Crippen LogP contribution in [0.3, 0.4) is 0 Å². The predicted molar refractivity (Wildman–Crippen MR) is 88.0 cm³/mol. The second-order valence-corrected chi connectivity index (χ2v) is 5.66. The number of rotatable bonds is 0. The molecule has 0 N–H and O–H groups in total. The van der Waals surface area contributed by atoms with Gasteiger partial charge >= 0.3 is 0 Å². The van der Waals surface area contributed by atoms with E-state index < -0.39 is 0 Å². The Kier molecular flexibility index (Phi) is 2.15. The van der Waals surface area contributed by atoms with Crippen LogP contribution in [0, 0.1) is 0 Å². The molecule has 1 aromatic heterocycles. The Balaban J connectivity index is 1.97. The molecule has 1 aliphatic rings. The molecule has 0 aliphatic carbocycles. The molecule has 1 aliphatic heterocycles. The van der Waals surface area contributed by atoms with Gasteiger partial charge in [0.15, 0.2) is 0 Å². The summed E-state index contributed by atoms with van der Waals surface area (Å²) in [4.78, 5) is 17.5. The van der Waals surface area contributed by atoms with Gasteiger partial charge < -0.3 is 0 Å². The van der Waals surface area contributed by atoms with Crippen molar-refractivity contribution in [2.75, 3.05) is 0 Å². The minimum absolute atomic E-state index is 0.0425. The van der Waals surface area contributed by atoms with Gasteiger partial charge in [0.25, 0.3) is 5.56 Å². The standard InChI is InChI=1S/C19H12N2O/c22-19-15-7-3-4-8-16(15)20-18-17-13(11-21(18)19)10-9-12-5-1-2-6-14(12)17/h1-10H,11H2. The molecule has 2 heterocycles. The summed E-state index contributed by atoms with van der Waals surface area (Å²) in [5.41, 5.74) is 3.07. The summed E-state index contributed by atoms with van der Waals surface area (Å²) < 4.78 is 1.79. The molecule has 0 fully saturated rings. The van der Waals surface area contributed by atoms with Gasteiger partial charge in [-0.05, 0) is 28.5 Å². The third-order valence-electron chi connectivity index (χ3n) is 4.43. The second-order valence-electron chi connectivity index (χ2n) is 5.66. The highest BCUT2D eigenvalue weighted by molar-refractivity contribution is 5.98. The Morgan fingerprint density at radius 3 is 2.55 bits per heavy atom. The fourth-order valence-corrected chi connectivity index (χ4v) is 3.39. The number of hydrogen-bond acceptors (Lipinski definition) is 2. The van der Waals surface area contributed by atoms with Gasteiger partial charge in [0, 0.05) is 5.56 Å². The number of fused-ring (bicyclic) bond motifs is 6. The smallest absolute Gasteiger partial charge is 0.261 e. The van der Waals surface area contributed by atoms with Crippen molar-refractivity contribution < 1.29 is 0 Å². The third-order valence-corrected chi connectivity index (χ3v) is 4.43. The van der Waals surface area contributed by atoms with Crippen molar-refractivity contribution in [1.82, 2.24) is 9.55 Å². The lowest BCUT2D eigenvalue weighted by atomic mass is 10.0. The first kappa shape index (κ1) is 11.7. The lowest BCUT2D eigenvalue weighted by Crippen LogP contribution is -2.20. The van der Waals surface area contributed by atoms with Crippen molar-refractivity contribution in [3.8, 4) is 11.4 Å². The van der Waals surface area contributed by atoms with Crippen LogP contribution >= 0.6 is 0 Å². The highest BCUT2D eigenvalue weighted by Gasteiger charge is 2.24. The van der Waals surface area contributed by atoms with Crippen molar-refractivity contribution in [3.63, 3.8) is 0 Å². The highest BCUT2D eigenvalue weighted by Crippen LogP contribution is 2.36. The molecule has 5 rings (SSSR count). The van der Waals surface area contributed by atoms with Crippen LogP contribution in [-0.2, 0) is 6.54 Å². The number of benzene rings is 3. The molecule has 0 amide bonds. The van der Waals surface area contributed by atoms with Crippen LogP contribution in [0.15, 0.2) is 65.5 Å². The van der Waals surface area contributed by atoms with Gasteiger partial charge in [-0.3, -0.25) is 9.36 Å². The molecule has 3 heteroatoms. The van der Waals surface area contributed by atoms with Crippen LogP contribution in [0.5, 0.6) is 0 Å². The van der Waals surface area contributed by atoms with Crippen LogP contribution < -0.4 is 5.56 Å². The minimum atomic E-state index is 0.0425. The summed E-state index contributed by atoms with van der Waals surface area (Å²) in [5.74, 6) is 0.788. The molecule has 0 spiro atoms. The SMILES string of the molecule is O=c1c2ccccc2nc2n1Cc1ccc3ccccc3c1-2. The van der Waals surface area contributed by atoms with E-state index in [0.29, 0.717) is 11.9 Å². The predicted octanol–water partition coefficient (Wildman–Crippen LogP) is 3.58. The Hall–Kier alpha value is -2.94. The van der Waals surface area contributed by atoms with Crippen molar-refractivity contribution in [3.05, 3.63) is 76.6 Å². The lowest BCUT2D eigenvalue weighted by molar-refractivity contribution is 0.797. The first-order valence-electron chi connectivity index (χ1n) is 7.33. The molecule has 3 aromatic carbocycles. The van der Waals surface area contributed by atoms with Gasteiger partial charge in [-0.25, -0.2) is 4.98 Å². The molecule has 4 aromatic rings. The number of nitrogens with zero attached hydrogens (tertiary/aromatic N) is 2. The molecule has 0 saturated carbocycles. The van der Waals surface area contributed by atoms with Gasteiger partial charge in [-0.1, -0.05) is 48.5 Å². The Bertz CT molecular complexity index is 1130. The molecule has 0 radical (unpaired) electrons. The molecule has 0 saturated heterocycles. The van der Waals surface area contributed by atoms with Gasteiger partial charge in [0.05, 0.1) is 17.4 Å². The average molecular weight is 284 g/mol. The van der Waals surface area contributed by atoms with E-state index in [1.807, 2.05) is 36.4 Å². The fraction of sp³-hybridized carbons (Fsp3) is 0.0526. The van der Waals surface area contributed by atoms with Crippen molar-refractivity contribution in [1.29, 1.82) is 0 Å². The van der Waals surface area contributed by atoms with Crippen LogP contribution in [0.1, 0.15) is 5.56 Å². The van der Waals surface area contributed by atoms with Gasteiger partial charge in [-0.2, -0.15) is 0 Å². The van der Waals surface area contributed by atoms with E-state index in [-0.39, 0.29) is 5.56 Å². The third kappa shape index (κ3) is 1.40. The molecule has 0 unspecified atom stereocenters. The number of aromatic nitrogens is 2. The quantitative estimate of drug-likeness (QED) is 0.435. The zero-order chi connectivity index (χ0) is 14.7. The van der Waals surface area contributed by atoms with E-state index in [0.717, 1.165) is 22.3 Å². The molecule has 104 valence electrons. The largest absolute Gasteiger partial charge is 0.288 e. The second kappa shape index (κ2) is 4.04. The van der Waals surface area contributed by atoms with E-state index in [9.17, 15) is 4.79 Å². The maximum atomic E-state index is 12.7.